The summed E-state index contributed by atoms with van der Waals surface area (Å²) in [5.41, 5.74) is 3.59. The third-order valence-electron chi connectivity index (χ3n) is 5.75. The zero-order chi connectivity index (χ0) is 22.0. The normalized spacial score (nSPS) is 17.7. The van der Waals surface area contributed by atoms with Crippen molar-refractivity contribution in [3.8, 4) is 11.3 Å². The van der Waals surface area contributed by atoms with Crippen LogP contribution in [0, 0.1) is 5.82 Å². The predicted octanol–water partition coefficient (Wildman–Crippen LogP) is 3.45. The fourth-order valence-corrected chi connectivity index (χ4v) is 5.14. The second-order valence-corrected chi connectivity index (χ2v) is 10.0. The second kappa shape index (κ2) is 8.80. The highest BCUT2D eigenvalue weighted by atomic mass is 32.2. The smallest absolute Gasteiger partial charge is 0.220 e. The Morgan fingerprint density at radius 3 is 2.74 bits per heavy atom. The number of aromatic amines is 1. The van der Waals surface area contributed by atoms with E-state index >= 15 is 0 Å². The molecule has 31 heavy (non-hydrogen) atoms. The number of carbonyl (C=O) groups excluding carboxylic acids is 1. The molecular weight excluding hydrogens is 417 g/mol. The third-order valence-corrected chi connectivity index (χ3v) is 7.02. The lowest BCUT2D eigenvalue weighted by atomic mass is 10.0. The number of aryl methyl sites for hydroxylation is 1. The molecule has 0 spiro atoms. The number of halogens is 1. The lowest BCUT2D eigenvalue weighted by Gasteiger charge is -2.31. The number of sulfonamides is 1. The highest BCUT2D eigenvalue weighted by Crippen LogP contribution is 2.31. The van der Waals surface area contributed by atoms with Gasteiger partial charge in [0.1, 0.15) is 5.82 Å². The van der Waals surface area contributed by atoms with Crippen LogP contribution in [-0.2, 0) is 21.2 Å². The molecule has 2 aromatic carbocycles. The molecule has 1 aromatic heterocycles. The molecule has 6 nitrogen and oxygen atoms in total. The van der Waals surface area contributed by atoms with Gasteiger partial charge in [0.15, 0.2) is 0 Å². The van der Waals surface area contributed by atoms with E-state index in [0.29, 0.717) is 19.5 Å². The predicted molar refractivity (Wildman–Crippen MR) is 120 cm³/mol. The van der Waals surface area contributed by atoms with Crippen molar-refractivity contribution in [2.45, 2.75) is 31.7 Å². The molecule has 1 aliphatic rings. The number of hydrogen-bond acceptors (Lipinski definition) is 3. The largest absolute Gasteiger partial charge is 0.354 e. The van der Waals surface area contributed by atoms with Gasteiger partial charge in [-0.15, -0.1) is 0 Å². The Balaban J connectivity index is 1.51. The van der Waals surface area contributed by atoms with Crippen LogP contribution in [0.2, 0.25) is 0 Å². The number of benzene rings is 2. The maximum Gasteiger partial charge on any atom is 0.220 e. The van der Waals surface area contributed by atoms with Crippen molar-refractivity contribution >= 4 is 26.8 Å². The van der Waals surface area contributed by atoms with Crippen LogP contribution in [0.3, 0.4) is 0 Å². The van der Waals surface area contributed by atoms with Crippen LogP contribution < -0.4 is 5.32 Å². The van der Waals surface area contributed by atoms with Crippen LogP contribution in [0.5, 0.6) is 0 Å². The maximum absolute atomic E-state index is 13.9. The van der Waals surface area contributed by atoms with E-state index in [1.54, 1.807) is 6.07 Å². The molecule has 1 atom stereocenters. The average molecular weight is 444 g/mol. The van der Waals surface area contributed by atoms with Crippen LogP contribution in [0.1, 0.15) is 24.8 Å². The highest BCUT2D eigenvalue weighted by Gasteiger charge is 2.27. The van der Waals surface area contributed by atoms with Gasteiger partial charge in [0.25, 0.3) is 0 Å². The summed E-state index contributed by atoms with van der Waals surface area (Å²) in [6.07, 6.45) is 3.35. The fraction of sp³-hybridized carbons (Fsp3) is 0.348. The van der Waals surface area contributed by atoms with Gasteiger partial charge in [-0.3, -0.25) is 4.79 Å². The molecule has 0 saturated carbocycles. The van der Waals surface area contributed by atoms with Gasteiger partial charge in [0.05, 0.1) is 6.26 Å². The van der Waals surface area contributed by atoms with Crippen molar-refractivity contribution in [2.24, 2.45) is 0 Å². The zero-order valence-electron chi connectivity index (χ0n) is 17.4. The SMILES string of the molecule is CS(=O)(=O)N1CCCC(NC(=O)CCc2c(-c3ccccc3)[nH]c3ccc(F)cc23)C1. The summed E-state index contributed by atoms with van der Waals surface area (Å²) in [7, 11) is -3.26. The van der Waals surface area contributed by atoms with Gasteiger partial charge in [-0.2, -0.15) is 0 Å². The van der Waals surface area contributed by atoms with Gasteiger partial charge < -0.3 is 10.3 Å². The summed E-state index contributed by atoms with van der Waals surface area (Å²) in [5, 5.41) is 3.74. The van der Waals surface area contributed by atoms with Crippen molar-refractivity contribution in [2.75, 3.05) is 19.3 Å². The van der Waals surface area contributed by atoms with Crippen molar-refractivity contribution in [3.63, 3.8) is 0 Å². The Kier molecular flexibility index (Phi) is 6.11. The lowest BCUT2D eigenvalue weighted by molar-refractivity contribution is -0.122. The minimum atomic E-state index is -3.26. The van der Waals surface area contributed by atoms with Gasteiger partial charge in [0, 0.05) is 42.1 Å². The Morgan fingerprint density at radius 2 is 2.00 bits per heavy atom. The van der Waals surface area contributed by atoms with Crippen molar-refractivity contribution in [3.05, 3.63) is 59.9 Å². The fourth-order valence-electron chi connectivity index (χ4n) is 4.23. The minimum absolute atomic E-state index is 0.134. The van der Waals surface area contributed by atoms with Gasteiger partial charge in [-0.1, -0.05) is 30.3 Å². The van der Waals surface area contributed by atoms with E-state index in [4.69, 9.17) is 0 Å². The molecule has 2 N–H and O–H groups in total. The highest BCUT2D eigenvalue weighted by molar-refractivity contribution is 7.88. The molecular formula is C23H26FN3O3S. The van der Waals surface area contributed by atoms with Crippen molar-refractivity contribution in [1.29, 1.82) is 0 Å². The average Bonchev–Trinajstić information content (AvgIpc) is 3.10. The molecule has 0 radical (unpaired) electrons. The summed E-state index contributed by atoms with van der Waals surface area (Å²) in [4.78, 5) is 16.0. The number of nitrogens with one attached hydrogen (secondary N) is 2. The molecule has 3 aromatic rings. The zero-order valence-corrected chi connectivity index (χ0v) is 18.2. The van der Waals surface area contributed by atoms with E-state index in [0.717, 1.165) is 40.6 Å². The number of piperidine rings is 1. The summed E-state index contributed by atoms with van der Waals surface area (Å²) in [6.45, 7) is 0.796. The summed E-state index contributed by atoms with van der Waals surface area (Å²) in [5.74, 6) is -0.454. The molecule has 0 aliphatic carbocycles. The number of fused-ring (bicyclic) bond motifs is 1. The Labute approximate surface area is 181 Å². The summed E-state index contributed by atoms with van der Waals surface area (Å²) >= 11 is 0. The van der Waals surface area contributed by atoms with Gasteiger partial charge in [-0.25, -0.2) is 17.1 Å². The number of nitrogens with zero attached hydrogens (tertiary/aromatic N) is 1. The number of carbonyl (C=O) groups is 1. The molecule has 164 valence electrons. The number of amides is 1. The monoisotopic (exact) mass is 443 g/mol. The first kappa shape index (κ1) is 21.5. The van der Waals surface area contributed by atoms with Crippen LogP contribution in [0.25, 0.3) is 22.2 Å². The summed E-state index contributed by atoms with van der Waals surface area (Å²) < 4.78 is 38.9. The van der Waals surface area contributed by atoms with Crippen LogP contribution in [0.15, 0.2) is 48.5 Å². The molecule has 1 amide bonds. The maximum atomic E-state index is 13.9. The topological polar surface area (TPSA) is 82.3 Å². The Bertz CT molecular complexity index is 1190. The Hall–Kier alpha value is -2.71. The first-order chi connectivity index (χ1) is 14.8. The molecule has 4 rings (SSSR count). The molecule has 1 unspecified atom stereocenters. The van der Waals surface area contributed by atoms with Gasteiger partial charge in [0.2, 0.25) is 15.9 Å². The van der Waals surface area contributed by atoms with E-state index in [1.165, 1.54) is 22.7 Å². The van der Waals surface area contributed by atoms with Gasteiger partial charge in [-0.05, 0) is 48.6 Å². The van der Waals surface area contributed by atoms with E-state index in [1.807, 2.05) is 30.3 Å². The third kappa shape index (κ3) is 4.97. The Morgan fingerprint density at radius 1 is 1.23 bits per heavy atom. The first-order valence-electron chi connectivity index (χ1n) is 10.4. The van der Waals surface area contributed by atoms with E-state index in [-0.39, 0.29) is 24.2 Å². The van der Waals surface area contributed by atoms with E-state index in [9.17, 15) is 17.6 Å². The second-order valence-electron chi connectivity index (χ2n) is 8.06. The molecule has 1 fully saturated rings. The first-order valence-corrected chi connectivity index (χ1v) is 12.3. The summed E-state index contributed by atoms with van der Waals surface area (Å²) in [6, 6.07) is 14.2. The number of hydrogen-bond donors (Lipinski definition) is 2. The van der Waals surface area contributed by atoms with Gasteiger partial charge >= 0.3 is 0 Å². The van der Waals surface area contributed by atoms with E-state index in [2.05, 4.69) is 10.3 Å². The van der Waals surface area contributed by atoms with Crippen molar-refractivity contribution in [1.82, 2.24) is 14.6 Å². The number of H-pyrrole nitrogens is 1. The minimum Gasteiger partial charge on any atom is -0.354 e. The number of aromatic nitrogens is 1. The lowest BCUT2D eigenvalue weighted by Crippen LogP contribution is -2.49. The van der Waals surface area contributed by atoms with E-state index < -0.39 is 10.0 Å². The molecule has 1 saturated heterocycles. The quantitative estimate of drug-likeness (QED) is 0.612. The van der Waals surface area contributed by atoms with Crippen LogP contribution in [-0.4, -0.2) is 49.0 Å². The molecule has 0 bridgehead atoms. The molecule has 2 heterocycles. The van der Waals surface area contributed by atoms with Crippen LogP contribution in [0.4, 0.5) is 4.39 Å². The number of rotatable bonds is 6. The molecule has 8 heteroatoms. The molecule has 1 aliphatic heterocycles. The van der Waals surface area contributed by atoms with Crippen molar-refractivity contribution < 1.29 is 17.6 Å². The van der Waals surface area contributed by atoms with Crippen LogP contribution >= 0.6 is 0 Å². The standard InChI is InChI=1S/C23H26FN3O3S/c1-31(29,30)27-13-5-8-18(15-27)25-22(28)12-10-19-20-14-17(24)9-11-21(20)26-23(19)16-6-3-2-4-7-16/h2-4,6-7,9,11,14,18,26H,5,8,10,12-13,15H2,1H3,(H,25,28).